The fraction of sp³-hybridized carbons (Fsp3) is 0.0714. The van der Waals surface area contributed by atoms with Crippen LogP contribution in [0.5, 0.6) is 11.6 Å². The lowest BCUT2D eigenvalue weighted by molar-refractivity contribution is -0.114. The molecule has 7 heteroatoms. The van der Waals surface area contributed by atoms with E-state index >= 15 is 0 Å². The monoisotopic (exact) mass is 346 g/mol. The van der Waals surface area contributed by atoms with Gasteiger partial charge >= 0.3 is 0 Å². The van der Waals surface area contributed by atoms with Crippen LogP contribution < -0.4 is 10.1 Å². The molecule has 0 fully saturated rings. The highest BCUT2D eigenvalue weighted by molar-refractivity contribution is 9.10. The summed E-state index contributed by atoms with van der Waals surface area (Å²) in [6.07, 6.45) is 5.25. The minimum absolute atomic E-state index is 0.167. The molecule has 2 heterocycles. The number of hydrogen-bond donors (Lipinski definition) is 1. The molecular formula is C14H11BrN4O2. The summed E-state index contributed by atoms with van der Waals surface area (Å²) in [6, 6.07) is 7.16. The Hall–Kier alpha value is -2.41. The first kappa shape index (κ1) is 13.6. The summed E-state index contributed by atoms with van der Waals surface area (Å²) in [6.45, 7) is 1.45. The van der Waals surface area contributed by atoms with Gasteiger partial charge in [0.15, 0.2) is 5.75 Å². The number of carbonyl (C=O) groups excluding carboxylic acids is 1. The number of benzene rings is 1. The molecule has 0 spiro atoms. The second kappa shape index (κ2) is 5.53. The Morgan fingerprint density at radius 1 is 1.38 bits per heavy atom. The highest BCUT2D eigenvalue weighted by Crippen LogP contribution is 2.30. The van der Waals surface area contributed by atoms with Crippen LogP contribution in [0.3, 0.4) is 0 Å². The predicted molar refractivity (Wildman–Crippen MR) is 81.5 cm³/mol. The van der Waals surface area contributed by atoms with Gasteiger partial charge in [-0.3, -0.25) is 9.20 Å². The molecule has 3 aromatic rings. The van der Waals surface area contributed by atoms with Gasteiger partial charge in [0, 0.05) is 25.5 Å². The van der Waals surface area contributed by atoms with Crippen LogP contribution in [0.1, 0.15) is 6.92 Å². The van der Waals surface area contributed by atoms with E-state index in [1.165, 1.54) is 6.92 Å². The van der Waals surface area contributed by atoms with Crippen molar-refractivity contribution in [2.75, 3.05) is 5.32 Å². The summed E-state index contributed by atoms with van der Waals surface area (Å²) < 4.78 is 8.25. The Morgan fingerprint density at radius 3 is 3.00 bits per heavy atom. The molecule has 0 atom stereocenters. The summed E-state index contributed by atoms with van der Waals surface area (Å²) in [4.78, 5) is 19.7. The fourth-order valence-corrected chi connectivity index (χ4v) is 2.28. The van der Waals surface area contributed by atoms with Gasteiger partial charge in [-0.05, 0) is 28.1 Å². The Bertz CT molecular complexity index is 816. The van der Waals surface area contributed by atoms with Crippen LogP contribution in [-0.4, -0.2) is 20.3 Å². The summed E-state index contributed by atoms with van der Waals surface area (Å²) >= 11 is 3.33. The van der Waals surface area contributed by atoms with E-state index in [-0.39, 0.29) is 5.91 Å². The van der Waals surface area contributed by atoms with Gasteiger partial charge in [-0.2, -0.15) is 0 Å². The van der Waals surface area contributed by atoms with Crippen LogP contribution in [0.4, 0.5) is 5.69 Å². The lowest BCUT2D eigenvalue weighted by atomic mass is 10.3. The number of ether oxygens (including phenoxy) is 1. The number of imidazole rings is 1. The van der Waals surface area contributed by atoms with Crippen molar-refractivity contribution in [3.63, 3.8) is 0 Å². The maximum atomic E-state index is 11.2. The van der Waals surface area contributed by atoms with Crippen LogP contribution in [0.2, 0.25) is 0 Å². The number of halogens is 1. The third-order valence-corrected chi connectivity index (χ3v) is 3.10. The van der Waals surface area contributed by atoms with E-state index in [2.05, 4.69) is 31.2 Å². The molecule has 1 aromatic carbocycles. The average molecular weight is 347 g/mol. The van der Waals surface area contributed by atoms with Gasteiger partial charge < -0.3 is 10.1 Å². The highest BCUT2D eigenvalue weighted by atomic mass is 79.9. The maximum Gasteiger partial charge on any atom is 0.265 e. The minimum Gasteiger partial charge on any atom is -0.434 e. The van der Waals surface area contributed by atoms with Crippen LogP contribution in [0.15, 0.2) is 47.5 Å². The molecule has 0 bridgehead atoms. The largest absolute Gasteiger partial charge is 0.434 e. The lowest BCUT2D eigenvalue weighted by Crippen LogP contribution is -2.07. The van der Waals surface area contributed by atoms with Crippen molar-refractivity contribution in [2.45, 2.75) is 6.92 Å². The zero-order chi connectivity index (χ0) is 14.8. The van der Waals surface area contributed by atoms with Gasteiger partial charge in [-0.25, -0.2) is 9.97 Å². The number of rotatable bonds is 3. The molecule has 3 rings (SSSR count). The first-order chi connectivity index (χ1) is 10.1. The van der Waals surface area contributed by atoms with E-state index in [9.17, 15) is 4.79 Å². The average Bonchev–Trinajstić information content (AvgIpc) is 2.88. The first-order valence-corrected chi connectivity index (χ1v) is 6.96. The molecule has 0 aliphatic rings. The quantitative estimate of drug-likeness (QED) is 0.790. The summed E-state index contributed by atoms with van der Waals surface area (Å²) in [5.74, 6) is 0.689. The Balaban J connectivity index is 2.02. The van der Waals surface area contributed by atoms with Crippen molar-refractivity contribution in [1.82, 2.24) is 14.4 Å². The molecule has 0 aliphatic heterocycles. The van der Waals surface area contributed by atoms with E-state index in [1.54, 1.807) is 35.1 Å². The van der Waals surface area contributed by atoms with Crippen LogP contribution in [-0.2, 0) is 4.79 Å². The fourth-order valence-electron chi connectivity index (χ4n) is 1.89. The van der Waals surface area contributed by atoms with E-state index in [1.807, 2.05) is 12.1 Å². The second-order valence-electron chi connectivity index (χ2n) is 4.31. The van der Waals surface area contributed by atoms with Gasteiger partial charge in [0.2, 0.25) is 11.6 Å². The zero-order valence-electron chi connectivity index (χ0n) is 11.1. The topological polar surface area (TPSA) is 68.5 Å². The number of aromatic nitrogens is 3. The van der Waals surface area contributed by atoms with E-state index in [4.69, 9.17) is 4.74 Å². The molecule has 0 saturated heterocycles. The Morgan fingerprint density at radius 2 is 2.19 bits per heavy atom. The number of hydrogen-bond acceptors (Lipinski definition) is 4. The van der Waals surface area contributed by atoms with Crippen molar-refractivity contribution in [3.8, 4) is 11.6 Å². The SMILES string of the molecule is CC(=O)Nc1ccccc1Oc1nc(Br)cn2ccnc12. The van der Waals surface area contributed by atoms with Gasteiger partial charge in [-0.15, -0.1) is 0 Å². The number of nitrogens with zero attached hydrogens (tertiary/aromatic N) is 3. The Labute approximate surface area is 128 Å². The molecule has 0 aliphatic carbocycles. The molecule has 1 N–H and O–H groups in total. The highest BCUT2D eigenvalue weighted by Gasteiger charge is 2.12. The van der Waals surface area contributed by atoms with Gasteiger partial charge in [0.25, 0.3) is 5.88 Å². The van der Waals surface area contributed by atoms with Crippen LogP contribution in [0, 0.1) is 0 Å². The van der Waals surface area contributed by atoms with Crippen molar-refractivity contribution < 1.29 is 9.53 Å². The smallest absolute Gasteiger partial charge is 0.265 e. The van der Waals surface area contributed by atoms with E-state index in [0.29, 0.717) is 27.6 Å². The molecule has 1 amide bonds. The van der Waals surface area contributed by atoms with Crippen molar-refractivity contribution >= 4 is 33.2 Å². The molecule has 0 radical (unpaired) electrons. The molecule has 106 valence electrons. The number of para-hydroxylation sites is 2. The normalized spacial score (nSPS) is 10.6. The van der Waals surface area contributed by atoms with Gasteiger partial charge in [0.1, 0.15) is 4.60 Å². The third kappa shape index (κ3) is 2.87. The maximum absolute atomic E-state index is 11.2. The predicted octanol–water partition coefficient (Wildman–Crippen LogP) is 3.24. The number of anilines is 1. The molecular weight excluding hydrogens is 336 g/mol. The minimum atomic E-state index is -0.167. The summed E-state index contributed by atoms with van der Waals surface area (Å²) in [5, 5.41) is 2.72. The number of fused-ring (bicyclic) bond motifs is 1. The number of carbonyl (C=O) groups is 1. The molecule has 0 saturated carbocycles. The number of amides is 1. The zero-order valence-corrected chi connectivity index (χ0v) is 12.7. The Kier molecular flexibility index (Phi) is 3.57. The second-order valence-corrected chi connectivity index (χ2v) is 5.12. The van der Waals surface area contributed by atoms with E-state index in [0.717, 1.165) is 0 Å². The summed E-state index contributed by atoms with van der Waals surface area (Å²) in [7, 11) is 0. The number of nitrogens with one attached hydrogen (secondary N) is 1. The molecule has 21 heavy (non-hydrogen) atoms. The van der Waals surface area contributed by atoms with Crippen LogP contribution >= 0.6 is 15.9 Å². The molecule has 0 unspecified atom stereocenters. The third-order valence-electron chi connectivity index (χ3n) is 2.72. The van der Waals surface area contributed by atoms with E-state index < -0.39 is 0 Å². The molecule has 2 aromatic heterocycles. The van der Waals surface area contributed by atoms with Crippen molar-refractivity contribution in [1.29, 1.82) is 0 Å². The van der Waals surface area contributed by atoms with Gasteiger partial charge in [0.05, 0.1) is 5.69 Å². The van der Waals surface area contributed by atoms with Crippen molar-refractivity contribution in [3.05, 3.63) is 47.5 Å². The molecule has 6 nitrogen and oxygen atoms in total. The van der Waals surface area contributed by atoms with Crippen molar-refractivity contribution in [2.24, 2.45) is 0 Å². The first-order valence-electron chi connectivity index (χ1n) is 6.17. The van der Waals surface area contributed by atoms with Gasteiger partial charge in [-0.1, -0.05) is 12.1 Å². The standard InChI is InChI=1S/C14H11BrN4O2/c1-9(20)17-10-4-2-3-5-11(10)21-14-13-16-6-7-19(13)8-12(15)18-14/h2-8H,1H3,(H,17,20). The lowest BCUT2D eigenvalue weighted by Gasteiger charge is -2.11. The summed E-state index contributed by atoms with van der Waals surface area (Å²) in [5.41, 5.74) is 1.17. The van der Waals surface area contributed by atoms with Crippen LogP contribution in [0.25, 0.3) is 5.65 Å².